The lowest BCUT2D eigenvalue weighted by Crippen LogP contribution is -2.52. The minimum atomic E-state index is 0.378. The Morgan fingerprint density at radius 3 is 2.55 bits per heavy atom. The zero-order valence-electron chi connectivity index (χ0n) is 14.2. The highest BCUT2D eigenvalue weighted by Gasteiger charge is 2.42. The number of hydrogen-bond acceptors (Lipinski definition) is 3. The topological polar surface area (TPSA) is 32.5 Å². The number of likely N-dealkylation sites (tertiary alicyclic amines) is 1. The van der Waals surface area contributed by atoms with Crippen molar-refractivity contribution in [3.05, 3.63) is 0 Å². The van der Waals surface area contributed by atoms with Crippen LogP contribution in [0.1, 0.15) is 46.5 Å². The van der Waals surface area contributed by atoms with E-state index in [-0.39, 0.29) is 0 Å². The van der Waals surface area contributed by atoms with Crippen molar-refractivity contribution in [2.45, 2.75) is 58.5 Å². The van der Waals surface area contributed by atoms with Crippen LogP contribution in [0.4, 0.5) is 0 Å². The van der Waals surface area contributed by atoms with Gasteiger partial charge in [-0.25, -0.2) is 0 Å². The average molecular weight is 281 g/mol. The first kappa shape index (κ1) is 16.3. The normalized spacial score (nSPS) is 39.1. The van der Waals surface area contributed by atoms with Crippen LogP contribution in [-0.4, -0.2) is 55.6 Å². The molecule has 1 aliphatic heterocycles. The summed E-state index contributed by atoms with van der Waals surface area (Å²) in [6.45, 7) is 11.0. The minimum Gasteiger partial charge on any atom is -0.327 e. The SMILES string of the molecule is CC1C(N)CCC(CN2CCCC(N(C)C)C2)C1(C)C. The molecule has 118 valence electrons. The Labute approximate surface area is 125 Å². The number of hydrogen-bond donors (Lipinski definition) is 1. The second-order valence-electron chi connectivity index (χ2n) is 8.07. The maximum Gasteiger partial charge on any atom is 0.0217 e. The Kier molecular flexibility index (Phi) is 5.14. The Bertz CT molecular complexity index is 313. The molecule has 0 spiro atoms. The molecule has 0 amide bonds. The molecule has 0 aromatic carbocycles. The van der Waals surface area contributed by atoms with E-state index in [2.05, 4.69) is 44.7 Å². The molecule has 3 nitrogen and oxygen atoms in total. The minimum absolute atomic E-state index is 0.378. The summed E-state index contributed by atoms with van der Waals surface area (Å²) in [5, 5.41) is 0. The van der Waals surface area contributed by atoms with E-state index in [9.17, 15) is 0 Å². The molecule has 2 N–H and O–H groups in total. The highest BCUT2D eigenvalue weighted by molar-refractivity contribution is 4.95. The lowest BCUT2D eigenvalue weighted by Gasteiger charge is -2.49. The molecule has 3 heteroatoms. The van der Waals surface area contributed by atoms with Crippen LogP contribution in [0.15, 0.2) is 0 Å². The fourth-order valence-electron chi connectivity index (χ4n) is 4.20. The van der Waals surface area contributed by atoms with Crippen molar-refractivity contribution in [3.63, 3.8) is 0 Å². The second-order valence-corrected chi connectivity index (χ2v) is 8.07. The fourth-order valence-corrected chi connectivity index (χ4v) is 4.20. The Hall–Kier alpha value is -0.120. The third-order valence-corrected chi connectivity index (χ3v) is 6.41. The monoisotopic (exact) mass is 281 g/mol. The first-order chi connectivity index (χ1) is 9.32. The smallest absolute Gasteiger partial charge is 0.0217 e. The van der Waals surface area contributed by atoms with Crippen LogP contribution in [0.25, 0.3) is 0 Å². The van der Waals surface area contributed by atoms with Crippen LogP contribution >= 0.6 is 0 Å². The van der Waals surface area contributed by atoms with E-state index in [0.717, 1.165) is 12.0 Å². The summed E-state index contributed by atoms with van der Waals surface area (Å²) in [4.78, 5) is 5.11. The summed E-state index contributed by atoms with van der Waals surface area (Å²) >= 11 is 0. The zero-order valence-corrected chi connectivity index (χ0v) is 14.2. The average Bonchev–Trinajstić information content (AvgIpc) is 2.40. The maximum absolute atomic E-state index is 6.29. The van der Waals surface area contributed by atoms with Gasteiger partial charge in [-0.05, 0) is 63.6 Å². The highest BCUT2D eigenvalue weighted by Crippen LogP contribution is 2.44. The molecular weight excluding hydrogens is 246 g/mol. The number of nitrogens with two attached hydrogens (primary N) is 1. The molecule has 20 heavy (non-hydrogen) atoms. The van der Waals surface area contributed by atoms with E-state index in [1.54, 1.807) is 0 Å². The van der Waals surface area contributed by atoms with Crippen LogP contribution in [-0.2, 0) is 0 Å². The summed E-state index contributed by atoms with van der Waals surface area (Å²) in [6, 6.07) is 1.15. The van der Waals surface area contributed by atoms with Gasteiger partial charge in [-0.1, -0.05) is 20.8 Å². The molecule has 1 heterocycles. The van der Waals surface area contributed by atoms with E-state index >= 15 is 0 Å². The molecule has 1 saturated heterocycles. The summed E-state index contributed by atoms with van der Waals surface area (Å²) in [7, 11) is 4.44. The summed E-state index contributed by atoms with van der Waals surface area (Å²) in [6.07, 6.45) is 5.23. The van der Waals surface area contributed by atoms with Crippen molar-refractivity contribution in [2.24, 2.45) is 23.0 Å². The van der Waals surface area contributed by atoms with Crippen LogP contribution in [0.2, 0.25) is 0 Å². The van der Waals surface area contributed by atoms with Gasteiger partial charge in [0.1, 0.15) is 0 Å². The van der Waals surface area contributed by atoms with E-state index in [0.29, 0.717) is 17.4 Å². The number of likely N-dealkylation sites (N-methyl/N-ethyl adjacent to an activating group) is 1. The van der Waals surface area contributed by atoms with Gasteiger partial charge in [-0.2, -0.15) is 0 Å². The van der Waals surface area contributed by atoms with Gasteiger partial charge in [0.2, 0.25) is 0 Å². The number of nitrogens with zero attached hydrogens (tertiary/aromatic N) is 2. The lowest BCUT2D eigenvalue weighted by molar-refractivity contribution is 0.0158. The molecule has 2 aliphatic rings. The van der Waals surface area contributed by atoms with E-state index in [1.165, 1.54) is 45.3 Å². The molecule has 4 atom stereocenters. The van der Waals surface area contributed by atoms with Crippen LogP contribution in [0.3, 0.4) is 0 Å². The Balaban J connectivity index is 1.95. The number of piperidine rings is 1. The zero-order chi connectivity index (χ0) is 14.9. The standard InChI is InChI=1S/C17H35N3/c1-13-16(18)9-8-14(17(13,2)3)11-20-10-6-7-15(12-20)19(4)5/h13-16H,6-12,18H2,1-5H3. The molecule has 1 saturated carbocycles. The van der Waals surface area contributed by atoms with Crippen LogP contribution < -0.4 is 5.73 Å². The lowest BCUT2D eigenvalue weighted by atomic mass is 9.61. The van der Waals surface area contributed by atoms with Gasteiger partial charge in [0.15, 0.2) is 0 Å². The van der Waals surface area contributed by atoms with E-state index < -0.39 is 0 Å². The second kappa shape index (κ2) is 6.33. The van der Waals surface area contributed by atoms with Gasteiger partial charge in [-0.3, -0.25) is 0 Å². The van der Waals surface area contributed by atoms with E-state index in [1.807, 2.05) is 0 Å². The van der Waals surface area contributed by atoms with Gasteiger partial charge >= 0.3 is 0 Å². The van der Waals surface area contributed by atoms with Crippen LogP contribution in [0, 0.1) is 17.3 Å². The third-order valence-electron chi connectivity index (χ3n) is 6.41. The molecule has 0 aromatic heterocycles. The van der Waals surface area contributed by atoms with Gasteiger partial charge in [0.25, 0.3) is 0 Å². The van der Waals surface area contributed by atoms with Crippen molar-refractivity contribution in [1.82, 2.24) is 9.80 Å². The highest BCUT2D eigenvalue weighted by atomic mass is 15.2. The largest absolute Gasteiger partial charge is 0.327 e. The summed E-state index contributed by atoms with van der Waals surface area (Å²) in [5.41, 5.74) is 6.67. The predicted molar refractivity (Wildman–Crippen MR) is 86.8 cm³/mol. The van der Waals surface area contributed by atoms with Gasteiger partial charge in [0, 0.05) is 25.2 Å². The molecule has 0 aromatic rings. The molecule has 0 radical (unpaired) electrons. The van der Waals surface area contributed by atoms with Crippen molar-refractivity contribution in [1.29, 1.82) is 0 Å². The maximum atomic E-state index is 6.29. The molecule has 4 unspecified atom stereocenters. The molecular formula is C17H35N3. The van der Waals surface area contributed by atoms with Gasteiger partial charge in [0.05, 0.1) is 0 Å². The van der Waals surface area contributed by atoms with Crippen molar-refractivity contribution >= 4 is 0 Å². The molecule has 2 rings (SSSR count). The van der Waals surface area contributed by atoms with Crippen molar-refractivity contribution < 1.29 is 0 Å². The van der Waals surface area contributed by atoms with Crippen molar-refractivity contribution in [3.8, 4) is 0 Å². The molecule has 2 fully saturated rings. The van der Waals surface area contributed by atoms with Crippen molar-refractivity contribution in [2.75, 3.05) is 33.7 Å². The first-order valence-electron chi connectivity index (χ1n) is 8.46. The Morgan fingerprint density at radius 1 is 1.20 bits per heavy atom. The Morgan fingerprint density at radius 2 is 1.90 bits per heavy atom. The molecule has 0 bridgehead atoms. The van der Waals surface area contributed by atoms with Gasteiger partial charge < -0.3 is 15.5 Å². The van der Waals surface area contributed by atoms with Gasteiger partial charge in [-0.15, -0.1) is 0 Å². The molecule has 1 aliphatic carbocycles. The van der Waals surface area contributed by atoms with E-state index in [4.69, 9.17) is 5.73 Å². The quantitative estimate of drug-likeness (QED) is 0.862. The van der Waals surface area contributed by atoms with Crippen LogP contribution in [0.5, 0.6) is 0 Å². The third kappa shape index (κ3) is 3.37. The number of rotatable bonds is 3. The fraction of sp³-hybridized carbons (Fsp3) is 1.00. The predicted octanol–water partition coefficient (Wildman–Crippen LogP) is 2.41. The summed E-state index contributed by atoms with van der Waals surface area (Å²) in [5.74, 6) is 1.44. The summed E-state index contributed by atoms with van der Waals surface area (Å²) < 4.78 is 0. The first-order valence-corrected chi connectivity index (χ1v) is 8.46.